The Morgan fingerprint density at radius 1 is 1.00 bits per heavy atom. The second kappa shape index (κ2) is 5.54. The van der Waals surface area contributed by atoms with E-state index in [9.17, 15) is 18.0 Å². The summed E-state index contributed by atoms with van der Waals surface area (Å²) >= 11 is 5.81. The molecular weight excluding hydrogens is 293 g/mol. The summed E-state index contributed by atoms with van der Waals surface area (Å²) in [4.78, 5) is 11.8. The molecule has 0 fully saturated rings. The van der Waals surface area contributed by atoms with Crippen molar-refractivity contribution in [3.63, 3.8) is 0 Å². The molecule has 0 aliphatic heterocycles. The van der Waals surface area contributed by atoms with Crippen molar-refractivity contribution in [3.8, 4) is 5.75 Å². The van der Waals surface area contributed by atoms with Gasteiger partial charge >= 0.3 is 12.1 Å². The minimum atomic E-state index is -4.44. The molecule has 0 aliphatic carbocycles. The van der Waals surface area contributed by atoms with E-state index in [0.29, 0.717) is 0 Å². The van der Waals surface area contributed by atoms with Crippen molar-refractivity contribution in [3.05, 3.63) is 64.7 Å². The Morgan fingerprint density at radius 3 is 2.15 bits per heavy atom. The molecule has 0 saturated heterocycles. The van der Waals surface area contributed by atoms with Crippen molar-refractivity contribution in [1.29, 1.82) is 0 Å². The first-order valence-electron chi connectivity index (χ1n) is 5.52. The van der Waals surface area contributed by atoms with Crippen molar-refractivity contribution >= 4 is 17.6 Å². The van der Waals surface area contributed by atoms with Crippen LogP contribution in [0.5, 0.6) is 5.75 Å². The molecule has 2 nitrogen and oxygen atoms in total. The van der Waals surface area contributed by atoms with Crippen molar-refractivity contribution in [1.82, 2.24) is 0 Å². The van der Waals surface area contributed by atoms with E-state index in [-0.39, 0.29) is 16.3 Å². The van der Waals surface area contributed by atoms with E-state index in [0.717, 1.165) is 24.3 Å². The van der Waals surface area contributed by atoms with Crippen molar-refractivity contribution in [2.45, 2.75) is 6.18 Å². The Bertz CT molecular complexity index is 621. The van der Waals surface area contributed by atoms with Gasteiger partial charge in [-0.2, -0.15) is 13.2 Å². The number of ether oxygens (including phenoxy) is 1. The summed E-state index contributed by atoms with van der Waals surface area (Å²) in [6.45, 7) is 0. The number of carbonyl (C=O) groups excluding carboxylic acids is 1. The average molecular weight is 301 g/mol. The Morgan fingerprint density at radius 2 is 1.60 bits per heavy atom. The molecule has 0 saturated carbocycles. The number of alkyl halides is 3. The average Bonchev–Trinajstić information content (AvgIpc) is 2.40. The Balaban J connectivity index is 2.16. The van der Waals surface area contributed by atoms with E-state index in [1.54, 1.807) is 12.1 Å². The van der Waals surface area contributed by atoms with Gasteiger partial charge in [0.05, 0.1) is 16.1 Å². The first kappa shape index (κ1) is 14.4. The predicted molar refractivity (Wildman–Crippen MR) is 67.9 cm³/mol. The summed E-state index contributed by atoms with van der Waals surface area (Å²) in [5.41, 5.74) is -0.815. The van der Waals surface area contributed by atoms with Gasteiger partial charge in [-0.15, -0.1) is 0 Å². The van der Waals surface area contributed by atoms with Gasteiger partial charge in [0.25, 0.3) is 0 Å². The molecule has 0 heterocycles. The molecule has 6 heteroatoms. The van der Waals surface area contributed by atoms with Crippen molar-refractivity contribution < 1.29 is 22.7 Å². The number of carbonyl (C=O) groups is 1. The highest BCUT2D eigenvalue weighted by Gasteiger charge is 2.30. The second-order valence-corrected chi connectivity index (χ2v) is 4.30. The Hall–Kier alpha value is -2.01. The third kappa shape index (κ3) is 3.30. The van der Waals surface area contributed by atoms with Crippen molar-refractivity contribution in [2.75, 3.05) is 0 Å². The standard InChI is InChI=1S/C14H8ClF3O2/c15-11-3-1-2-4-12(11)20-13(19)9-5-7-10(8-6-9)14(16,17)18/h1-8H. The van der Waals surface area contributed by atoms with Crippen LogP contribution in [-0.4, -0.2) is 5.97 Å². The lowest BCUT2D eigenvalue weighted by Crippen LogP contribution is -2.10. The Kier molecular flexibility index (Phi) is 3.99. The van der Waals surface area contributed by atoms with E-state index >= 15 is 0 Å². The van der Waals surface area contributed by atoms with E-state index in [2.05, 4.69) is 0 Å². The fourth-order valence-electron chi connectivity index (χ4n) is 1.48. The number of para-hydroxylation sites is 1. The topological polar surface area (TPSA) is 26.3 Å². The van der Waals surface area contributed by atoms with Crippen LogP contribution in [0.2, 0.25) is 5.02 Å². The van der Waals surface area contributed by atoms with Gasteiger partial charge in [0.15, 0.2) is 0 Å². The zero-order chi connectivity index (χ0) is 14.8. The molecule has 2 aromatic rings. The largest absolute Gasteiger partial charge is 0.421 e. The van der Waals surface area contributed by atoms with Crippen molar-refractivity contribution in [2.24, 2.45) is 0 Å². The Labute approximate surface area is 117 Å². The molecular formula is C14H8ClF3O2. The van der Waals surface area contributed by atoms with Crippen LogP contribution in [0.4, 0.5) is 13.2 Å². The van der Waals surface area contributed by atoms with E-state index in [1.165, 1.54) is 12.1 Å². The first-order chi connectivity index (χ1) is 9.38. The number of halogens is 4. The number of rotatable bonds is 2. The molecule has 2 rings (SSSR count). The summed E-state index contributed by atoms with van der Waals surface area (Å²) in [5.74, 6) is -0.620. The molecule has 0 unspecified atom stereocenters. The quantitative estimate of drug-likeness (QED) is 0.599. The van der Waals surface area contributed by atoms with Crippen LogP contribution in [0.3, 0.4) is 0 Å². The van der Waals surface area contributed by atoms with Crippen LogP contribution >= 0.6 is 11.6 Å². The van der Waals surface area contributed by atoms with Crippen LogP contribution in [0.1, 0.15) is 15.9 Å². The van der Waals surface area contributed by atoms with Gasteiger partial charge in [-0.1, -0.05) is 23.7 Å². The highest BCUT2D eigenvalue weighted by Crippen LogP contribution is 2.29. The van der Waals surface area contributed by atoms with Crippen LogP contribution in [0.15, 0.2) is 48.5 Å². The molecule has 0 amide bonds. The maximum Gasteiger partial charge on any atom is 0.416 e. The van der Waals surface area contributed by atoms with Gasteiger partial charge in [-0.25, -0.2) is 4.79 Å². The smallest absolute Gasteiger partial charge is 0.416 e. The van der Waals surface area contributed by atoms with E-state index < -0.39 is 17.7 Å². The molecule has 0 aliphatic rings. The molecule has 0 aromatic heterocycles. The van der Waals surface area contributed by atoms with Gasteiger partial charge in [0, 0.05) is 0 Å². The maximum atomic E-state index is 12.4. The molecule has 0 N–H and O–H groups in total. The van der Waals surface area contributed by atoms with Gasteiger partial charge in [-0.3, -0.25) is 0 Å². The summed E-state index contributed by atoms with van der Waals surface area (Å²) in [6.07, 6.45) is -4.44. The van der Waals surface area contributed by atoms with Gasteiger partial charge in [0.2, 0.25) is 0 Å². The number of esters is 1. The summed E-state index contributed by atoms with van der Waals surface area (Å²) in [7, 11) is 0. The second-order valence-electron chi connectivity index (χ2n) is 3.90. The lowest BCUT2D eigenvalue weighted by molar-refractivity contribution is -0.137. The van der Waals surface area contributed by atoms with E-state index in [1.807, 2.05) is 0 Å². The SMILES string of the molecule is O=C(Oc1ccccc1Cl)c1ccc(C(F)(F)F)cc1. The first-order valence-corrected chi connectivity index (χ1v) is 5.89. The molecule has 0 spiro atoms. The molecule has 104 valence electrons. The summed E-state index contributed by atoms with van der Waals surface area (Å²) < 4.78 is 42.2. The van der Waals surface area contributed by atoms with Crippen LogP contribution in [0.25, 0.3) is 0 Å². The lowest BCUT2D eigenvalue weighted by atomic mass is 10.1. The molecule has 0 bridgehead atoms. The zero-order valence-electron chi connectivity index (χ0n) is 9.95. The summed E-state index contributed by atoms with van der Waals surface area (Å²) in [5, 5.41) is 0.243. The third-order valence-corrected chi connectivity index (χ3v) is 2.80. The third-order valence-electron chi connectivity index (χ3n) is 2.49. The highest BCUT2D eigenvalue weighted by molar-refractivity contribution is 6.32. The van der Waals surface area contributed by atoms with Gasteiger partial charge in [0.1, 0.15) is 5.75 Å². The molecule has 2 aromatic carbocycles. The van der Waals surface area contributed by atoms with Gasteiger partial charge < -0.3 is 4.74 Å². The monoisotopic (exact) mass is 300 g/mol. The minimum absolute atomic E-state index is 0.0120. The number of benzene rings is 2. The van der Waals surface area contributed by atoms with Crippen LogP contribution in [0, 0.1) is 0 Å². The van der Waals surface area contributed by atoms with E-state index in [4.69, 9.17) is 16.3 Å². The fraction of sp³-hybridized carbons (Fsp3) is 0.0714. The lowest BCUT2D eigenvalue weighted by Gasteiger charge is -2.08. The number of hydrogen-bond acceptors (Lipinski definition) is 2. The zero-order valence-corrected chi connectivity index (χ0v) is 10.7. The molecule has 0 radical (unpaired) electrons. The number of hydrogen-bond donors (Lipinski definition) is 0. The molecule has 20 heavy (non-hydrogen) atoms. The maximum absolute atomic E-state index is 12.4. The molecule has 0 atom stereocenters. The predicted octanol–water partition coefficient (Wildman–Crippen LogP) is 4.58. The highest BCUT2D eigenvalue weighted by atomic mass is 35.5. The van der Waals surface area contributed by atoms with Crippen LogP contribution in [-0.2, 0) is 6.18 Å². The fourth-order valence-corrected chi connectivity index (χ4v) is 1.66. The summed E-state index contributed by atoms with van der Waals surface area (Å²) in [6, 6.07) is 10.1. The normalized spacial score (nSPS) is 11.2. The van der Waals surface area contributed by atoms with Crippen LogP contribution < -0.4 is 4.74 Å². The minimum Gasteiger partial charge on any atom is -0.421 e. The van der Waals surface area contributed by atoms with Gasteiger partial charge in [-0.05, 0) is 36.4 Å².